The van der Waals surface area contributed by atoms with E-state index in [2.05, 4.69) is 21.9 Å². The summed E-state index contributed by atoms with van der Waals surface area (Å²) < 4.78 is 5.21. The average Bonchev–Trinajstić information content (AvgIpc) is 2.87. The molecule has 0 radical (unpaired) electrons. The number of anilines is 1. The van der Waals surface area contributed by atoms with Crippen LogP contribution in [0.25, 0.3) is 11.0 Å². The summed E-state index contributed by atoms with van der Waals surface area (Å²) in [5.41, 5.74) is 4.43. The lowest BCUT2D eigenvalue weighted by atomic mass is 10.1. The third-order valence-corrected chi connectivity index (χ3v) is 3.35. The minimum Gasteiger partial charge on any atom is -0.356 e. The number of carbonyl (C=O) groups is 1. The van der Waals surface area contributed by atoms with Crippen LogP contribution in [0.5, 0.6) is 0 Å². The van der Waals surface area contributed by atoms with Gasteiger partial charge in [-0.1, -0.05) is 23.4 Å². The number of rotatable bonds is 3. The van der Waals surface area contributed by atoms with Crippen molar-refractivity contribution in [3.63, 3.8) is 0 Å². The van der Waals surface area contributed by atoms with Crippen LogP contribution in [-0.2, 0) is 6.54 Å². The number of aryl methyl sites for hydroxylation is 2. The van der Waals surface area contributed by atoms with Gasteiger partial charge in [-0.2, -0.15) is 0 Å². The van der Waals surface area contributed by atoms with E-state index in [0.29, 0.717) is 17.8 Å². The van der Waals surface area contributed by atoms with E-state index in [4.69, 9.17) is 4.52 Å². The fourth-order valence-electron chi connectivity index (χ4n) is 2.45. The molecule has 3 aromatic rings. The number of nitrogens with one attached hydrogen (secondary N) is 2. The predicted octanol–water partition coefficient (Wildman–Crippen LogP) is 3.77. The van der Waals surface area contributed by atoms with Crippen LogP contribution in [0.3, 0.4) is 0 Å². The zero-order valence-electron chi connectivity index (χ0n) is 12.5. The molecule has 0 aliphatic rings. The van der Waals surface area contributed by atoms with Gasteiger partial charge in [0.25, 0.3) is 0 Å². The van der Waals surface area contributed by atoms with E-state index in [1.54, 1.807) is 0 Å². The number of carbonyl (C=O) groups excluding carboxylic acids is 1. The second-order valence-corrected chi connectivity index (χ2v) is 5.31. The van der Waals surface area contributed by atoms with Crippen molar-refractivity contribution in [3.05, 3.63) is 59.3 Å². The summed E-state index contributed by atoms with van der Waals surface area (Å²) >= 11 is 0. The van der Waals surface area contributed by atoms with Crippen molar-refractivity contribution in [2.24, 2.45) is 0 Å². The van der Waals surface area contributed by atoms with Crippen LogP contribution in [0.15, 0.2) is 47.0 Å². The van der Waals surface area contributed by atoms with Crippen molar-refractivity contribution in [3.8, 4) is 0 Å². The van der Waals surface area contributed by atoms with Crippen molar-refractivity contribution in [2.75, 3.05) is 5.32 Å². The Labute approximate surface area is 128 Å². The van der Waals surface area contributed by atoms with E-state index >= 15 is 0 Å². The van der Waals surface area contributed by atoms with E-state index in [-0.39, 0.29) is 6.03 Å². The highest BCUT2D eigenvalue weighted by Gasteiger charge is 2.09. The van der Waals surface area contributed by atoms with Gasteiger partial charge in [0, 0.05) is 11.1 Å². The van der Waals surface area contributed by atoms with Gasteiger partial charge in [0.05, 0.1) is 6.54 Å². The molecule has 1 heterocycles. The lowest BCUT2D eigenvalue weighted by Crippen LogP contribution is -2.28. The molecule has 2 amide bonds. The highest BCUT2D eigenvalue weighted by atomic mass is 16.5. The van der Waals surface area contributed by atoms with E-state index in [0.717, 1.165) is 22.2 Å². The molecule has 2 N–H and O–H groups in total. The van der Waals surface area contributed by atoms with Gasteiger partial charge in [-0.15, -0.1) is 0 Å². The Balaban J connectivity index is 1.65. The van der Waals surface area contributed by atoms with Crippen molar-refractivity contribution in [1.29, 1.82) is 0 Å². The molecule has 2 aromatic carbocycles. The maximum Gasteiger partial charge on any atom is 0.319 e. The molecule has 0 unspecified atom stereocenters. The van der Waals surface area contributed by atoms with Crippen LogP contribution in [0, 0.1) is 13.8 Å². The molecule has 0 aliphatic carbocycles. The molecule has 5 nitrogen and oxygen atoms in total. The monoisotopic (exact) mass is 295 g/mol. The molecule has 5 heteroatoms. The topological polar surface area (TPSA) is 67.2 Å². The molecule has 0 fully saturated rings. The number of urea groups is 1. The number of hydrogen-bond acceptors (Lipinski definition) is 3. The lowest BCUT2D eigenvalue weighted by Gasteiger charge is -2.08. The summed E-state index contributed by atoms with van der Waals surface area (Å²) in [6.07, 6.45) is 0. The lowest BCUT2D eigenvalue weighted by molar-refractivity contribution is 0.251. The van der Waals surface area contributed by atoms with E-state index in [9.17, 15) is 4.79 Å². The standard InChI is InChI=1S/C17H17N3O2/c1-11-7-12(2)9-13(8-11)19-17(21)18-10-15-14-5-3-4-6-16(14)22-20-15/h3-9H,10H2,1-2H3,(H2,18,19,21). The first-order valence-corrected chi connectivity index (χ1v) is 7.08. The number of aromatic nitrogens is 1. The van der Waals surface area contributed by atoms with Crippen molar-refractivity contribution >= 4 is 22.7 Å². The zero-order chi connectivity index (χ0) is 15.5. The van der Waals surface area contributed by atoms with Crippen LogP contribution in [0.2, 0.25) is 0 Å². The quantitative estimate of drug-likeness (QED) is 0.773. The van der Waals surface area contributed by atoms with Gasteiger partial charge >= 0.3 is 6.03 Å². The number of amides is 2. The average molecular weight is 295 g/mol. The number of fused-ring (bicyclic) bond motifs is 1. The first-order valence-electron chi connectivity index (χ1n) is 7.08. The van der Waals surface area contributed by atoms with Crippen molar-refractivity contribution in [2.45, 2.75) is 20.4 Å². The summed E-state index contributed by atoms with van der Waals surface area (Å²) in [5, 5.41) is 10.5. The Morgan fingerprint density at radius 1 is 1.14 bits per heavy atom. The van der Waals surface area contributed by atoms with Gasteiger partial charge in [-0.05, 0) is 49.2 Å². The van der Waals surface area contributed by atoms with Gasteiger partial charge in [0.2, 0.25) is 0 Å². The van der Waals surface area contributed by atoms with E-state index in [1.807, 2.05) is 50.2 Å². The minimum atomic E-state index is -0.267. The molecule has 0 saturated heterocycles. The van der Waals surface area contributed by atoms with Gasteiger partial charge in [-0.25, -0.2) is 4.79 Å². The highest BCUT2D eigenvalue weighted by molar-refractivity contribution is 5.89. The summed E-state index contributed by atoms with van der Waals surface area (Å²) in [4.78, 5) is 12.0. The predicted molar refractivity (Wildman–Crippen MR) is 85.8 cm³/mol. The molecule has 3 rings (SSSR count). The number of benzene rings is 2. The summed E-state index contributed by atoms with van der Waals surface area (Å²) in [5.74, 6) is 0. The van der Waals surface area contributed by atoms with Gasteiger partial charge in [0.15, 0.2) is 5.58 Å². The Kier molecular flexibility index (Phi) is 3.78. The number of hydrogen-bond donors (Lipinski definition) is 2. The molecule has 0 spiro atoms. The first kappa shape index (κ1) is 14.1. The molecule has 0 saturated carbocycles. The van der Waals surface area contributed by atoms with Gasteiger partial charge < -0.3 is 15.2 Å². The molecule has 112 valence electrons. The van der Waals surface area contributed by atoms with Crippen LogP contribution < -0.4 is 10.6 Å². The van der Waals surface area contributed by atoms with Gasteiger partial charge in [0.1, 0.15) is 5.69 Å². The number of nitrogens with zero attached hydrogens (tertiary/aromatic N) is 1. The Bertz CT molecular complexity index is 803. The Morgan fingerprint density at radius 3 is 2.64 bits per heavy atom. The molecule has 0 aliphatic heterocycles. The van der Waals surface area contributed by atoms with Crippen molar-refractivity contribution in [1.82, 2.24) is 10.5 Å². The zero-order valence-corrected chi connectivity index (χ0v) is 12.5. The van der Waals surface area contributed by atoms with Gasteiger partial charge in [-0.3, -0.25) is 0 Å². The summed E-state index contributed by atoms with van der Waals surface area (Å²) in [7, 11) is 0. The summed E-state index contributed by atoms with van der Waals surface area (Å²) in [6, 6.07) is 13.2. The normalized spacial score (nSPS) is 10.6. The summed E-state index contributed by atoms with van der Waals surface area (Å²) in [6.45, 7) is 4.31. The van der Waals surface area contributed by atoms with Crippen LogP contribution in [0.4, 0.5) is 10.5 Å². The fourth-order valence-corrected chi connectivity index (χ4v) is 2.45. The smallest absolute Gasteiger partial charge is 0.319 e. The molecule has 22 heavy (non-hydrogen) atoms. The number of para-hydroxylation sites is 1. The highest BCUT2D eigenvalue weighted by Crippen LogP contribution is 2.17. The van der Waals surface area contributed by atoms with Crippen LogP contribution >= 0.6 is 0 Å². The maximum absolute atomic E-state index is 12.0. The molecular formula is C17H17N3O2. The second kappa shape index (κ2) is 5.89. The maximum atomic E-state index is 12.0. The molecule has 1 aromatic heterocycles. The van der Waals surface area contributed by atoms with Crippen LogP contribution in [0.1, 0.15) is 16.8 Å². The third-order valence-electron chi connectivity index (χ3n) is 3.35. The first-order chi connectivity index (χ1) is 10.6. The Hall–Kier alpha value is -2.82. The third kappa shape index (κ3) is 3.09. The Morgan fingerprint density at radius 2 is 1.86 bits per heavy atom. The molecule has 0 bridgehead atoms. The van der Waals surface area contributed by atoms with E-state index in [1.165, 1.54) is 0 Å². The second-order valence-electron chi connectivity index (χ2n) is 5.31. The SMILES string of the molecule is Cc1cc(C)cc(NC(=O)NCc2noc3ccccc23)c1. The molecular weight excluding hydrogens is 278 g/mol. The van der Waals surface area contributed by atoms with E-state index < -0.39 is 0 Å². The van der Waals surface area contributed by atoms with Crippen LogP contribution in [-0.4, -0.2) is 11.2 Å². The minimum absolute atomic E-state index is 0.267. The largest absolute Gasteiger partial charge is 0.356 e. The molecule has 0 atom stereocenters. The van der Waals surface area contributed by atoms with Crippen molar-refractivity contribution < 1.29 is 9.32 Å². The fraction of sp³-hybridized carbons (Fsp3) is 0.176.